The summed E-state index contributed by atoms with van der Waals surface area (Å²) in [5.74, 6) is 0. The molecule has 0 bridgehead atoms. The van der Waals surface area contributed by atoms with Gasteiger partial charge in [0.15, 0.2) is 0 Å². The fourth-order valence-corrected chi connectivity index (χ4v) is 3.28. The van der Waals surface area contributed by atoms with E-state index in [0.717, 1.165) is 0 Å². The summed E-state index contributed by atoms with van der Waals surface area (Å²) in [6.45, 7) is 0. The third-order valence-electron chi connectivity index (χ3n) is 4.60. The number of hydrogen-bond donors (Lipinski definition) is 2. The Morgan fingerprint density at radius 1 is 1.06 bits per heavy atom. The Morgan fingerprint density at radius 3 is 2.56 bits per heavy atom. The van der Waals surface area contributed by atoms with Gasteiger partial charge in [0.25, 0.3) is 0 Å². The van der Waals surface area contributed by atoms with E-state index in [4.69, 9.17) is 5.73 Å². The molecule has 2 saturated carbocycles. The molecule has 0 atom stereocenters. The number of aromatic nitrogens is 1. The van der Waals surface area contributed by atoms with Crippen LogP contribution >= 0.6 is 0 Å². The predicted molar refractivity (Wildman–Crippen MR) is 65.4 cm³/mol. The Kier molecular flexibility index (Phi) is 1.39. The van der Waals surface area contributed by atoms with Crippen LogP contribution in [0.4, 0.5) is 0 Å². The van der Waals surface area contributed by atoms with Crippen LogP contribution in [0.1, 0.15) is 31.2 Å². The van der Waals surface area contributed by atoms with Crippen molar-refractivity contribution in [3.05, 3.63) is 36.0 Å². The largest absolute Gasteiger partial charge is 0.361 e. The van der Waals surface area contributed by atoms with E-state index in [2.05, 4.69) is 29.2 Å². The molecule has 2 nitrogen and oxygen atoms in total. The average Bonchev–Trinajstić information content (AvgIpc) is 3.18. The molecule has 16 heavy (non-hydrogen) atoms. The second kappa shape index (κ2) is 2.51. The molecule has 2 aliphatic carbocycles. The van der Waals surface area contributed by atoms with Crippen molar-refractivity contribution < 1.29 is 0 Å². The van der Waals surface area contributed by atoms with Crippen molar-refractivity contribution in [1.29, 1.82) is 0 Å². The van der Waals surface area contributed by atoms with Crippen molar-refractivity contribution in [1.82, 2.24) is 4.98 Å². The molecule has 0 spiro atoms. The highest BCUT2D eigenvalue weighted by Crippen LogP contribution is 2.64. The second-order valence-corrected chi connectivity index (χ2v) is 5.48. The smallest absolute Gasteiger partial charge is 0.0456 e. The molecule has 82 valence electrons. The zero-order chi connectivity index (χ0) is 10.8. The normalized spacial score (nSPS) is 24.6. The van der Waals surface area contributed by atoms with E-state index in [1.54, 1.807) is 0 Å². The van der Waals surface area contributed by atoms with E-state index in [9.17, 15) is 0 Å². The van der Waals surface area contributed by atoms with Crippen LogP contribution in [0.25, 0.3) is 10.9 Å². The highest BCUT2D eigenvalue weighted by atomic mass is 14.9. The molecular formula is C14H16N2. The van der Waals surface area contributed by atoms with Crippen molar-refractivity contribution in [2.24, 2.45) is 5.73 Å². The summed E-state index contributed by atoms with van der Waals surface area (Å²) in [4.78, 5) is 3.29. The van der Waals surface area contributed by atoms with E-state index < -0.39 is 0 Å². The number of rotatable bonds is 2. The molecule has 0 aliphatic heterocycles. The second-order valence-electron chi connectivity index (χ2n) is 5.48. The first-order chi connectivity index (χ1) is 7.75. The summed E-state index contributed by atoms with van der Waals surface area (Å²) in [5, 5.41) is 1.37. The summed E-state index contributed by atoms with van der Waals surface area (Å²) in [6, 6.07) is 8.76. The lowest BCUT2D eigenvalue weighted by Gasteiger charge is -2.24. The van der Waals surface area contributed by atoms with Crippen LogP contribution in [0.3, 0.4) is 0 Å². The Bertz CT molecular complexity index is 559. The van der Waals surface area contributed by atoms with Crippen LogP contribution in [0.15, 0.2) is 30.5 Å². The van der Waals surface area contributed by atoms with E-state index in [1.807, 2.05) is 6.20 Å². The van der Waals surface area contributed by atoms with Crippen LogP contribution in [-0.2, 0) is 5.41 Å². The first-order valence-electron chi connectivity index (χ1n) is 6.11. The molecule has 2 heteroatoms. The Balaban J connectivity index is 1.96. The van der Waals surface area contributed by atoms with Gasteiger partial charge >= 0.3 is 0 Å². The van der Waals surface area contributed by atoms with Crippen molar-refractivity contribution in [3.8, 4) is 0 Å². The molecular weight excluding hydrogens is 196 g/mol. The molecule has 0 radical (unpaired) electrons. The van der Waals surface area contributed by atoms with Gasteiger partial charge in [0.2, 0.25) is 0 Å². The van der Waals surface area contributed by atoms with Gasteiger partial charge in [0, 0.05) is 28.1 Å². The first-order valence-corrected chi connectivity index (χ1v) is 6.11. The quantitative estimate of drug-likeness (QED) is 0.789. The Hall–Kier alpha value is -1.28. The zero-order valence-electron chi connectivity index (χ0n) is 9.29. The molecule has 1 aromatic heterocycles. The number of fused-ring (bicyclic) bond motifs is 1. The summed E-state index contributed by atoms with van der Waals surface area (Å²) in [6.07, 6.45) is 6.98. The van der Waals surface area contributed by atoms with Crippen molar-refractivity contribution in [2.75, 3.05) is 0 Å². The van der Waals surface area contributed by atoms with Gasteiger partial charge in [-0.3, -0.25) is 0 Å². The van der Waals surface area contributed by atoms with Gasteiger partial charge in [-0.05, 0) is 43.4 Å². The molecule has 4 rings (SSSR count). The third-order valence-corrected chi connectivity index (χ3v) is 4.60. The van der Waals surface area contributed by atoms with Crippen molar-refractivity contribution in [3.63, 3.8) is 0 Å². The van der Waals surface area contributed by atoms with Gasteiger partial charge in [-0.1, -0.05) is 12.1 Å². The maximum Gasteiger partial charge on any atom is 0.0456 e. The van der Waals surface area contributed by atoms with Crippen molar-refractivity contribution in [2.45, 2.75) is 36.6 Å². The van der Waals surface area contributed by atoms with E-state index >= 15 is 0 Å². The van der Waals surface area contributed by atoms with Gasteiger partial charge in [-0.2, -0.15) is 0 Å². The van der Waals surface area contributed by atoms with Crippen molar-refractivity contribution >= 4 is 10.9 Å². The van der Waals surface area contributed by atoms with Crippen LogP contribution in [-0.4, -0.2) is 10.5 Å². The van der Waals surface area contributed by atoms with E-state index in [0.29, 0.717) is 5.41 Å². The fraction of sp³-hybridized carbons (Fsp3) is 0.429. The number of H-pyrrole nitrogens is 1. The van der Waals surface area contributed by atoms with Gasteiger partial charge in [0.05, 0.1) is 0 Å². The van der Waals surface area contributed by atoms with Crippen LogP contribution in [0.5, 0.6) is 0 Å². The molecule has 0 amide bonds. The topological polar surface area (TPSA) is 41.8 Å². The summed E-state index contributed by atoms with van der Waals surface area (Å²) in [5.41, 5.74) is 9.60. The molecule has 3 N–H and O–H groups in total. The minimum absolute atomic E-state index is 0.110. The summed E-state index contributed by atoms with van der Waals surface area (Å²) < 4.78 is 0. The van der Waals surface area contributed by atoms with Crippen LogP contribution in [0, 0.1) is 0 Å². The standard InChI is InChI=1S/C14H16N2/c15-14(7-8-14)13(5-6-13)11-2-1-3-12-10(11)4-9-16-12/h1-4,9,16H,5-8,15H2. The minimum atomic E-state index is 0.110. The number of aromatic amines is 1. The lowest BCUT2D eigenvalue weighted by atomic mass is 9.84. The molecule has 1 heterocycles. The molecule has 0 saturated heterocycles. The van der Waals surface area contributed by atoms with Gasteiger partial charge in [-0.15, -0.1) is 0 Å². The van der Waals surface area contributed by atoms with Crippen LogP contribution < -0.4 is 5.73 Å². The monoisotopic (exact) mass is 212 g/mol. The summed E-state index contributed by atoms with van der Waals surface area (Å²) >= 11 is 0. The van der Waals surface area contributed by atoms with E-state index in [-0.39, 0.29) is 5.54 Å². The van der Waals surface area contributed by atoms with Gasteiger partial charge in [-0.25, -0.2) is 0 Å². The maximum absolute atomic E-state index is 6.47. The molecule has 1 aromatic carbocycles. The Morgan fingerprint density at radius 2 is 1.88 bits per heavy atom. The number of nitrogens with one attached hydrogen (secondary N) is 1. The zero-order valence-corrected chi connectivity index (χ0v) is 9.29. The number of nitrogens with two attached hydrogens (primary N) is 1. The molecule has 2 fully saturated rings. The first kappa shape index (κ1) is 8.82. The molecule has 0 unspecified atom stereocenters. The van der Waals surface area contributed by atoms with E-state index in [1.165, 1.54) is 42.1 Å². The number of hydrogen-bond acceptors (Lipinski definition) is 1. The molecule has 2 aromatic rings. The third kappa shape index (κ3) is 0.914. The lowest BCUT2D eigenvalue weighted by Crippen LogP contribution is -2.37. The number of benzene rings is 1. The fourth-order valence-electron chi connectivity index (χ4n) is 3.28. The molecule has 2 aliphatic rings. The van der Waals surface area contributed by atoms with Gasteiger partial charge in [0.1, 0.15) is 0 Å². The summed E-state index contributed by atoms with van der Waals surface area (Å²) in [7, 11) is 0. The highest BCUT2D eigenvalue weighted by molar-refractivity contribution is 5.85. The Labute approximate surface area is 94.8 Å². The predicted octanol–water partition coefficient (Wildman–Crippen LogP) is 2.69. The lowest BCUT2D eigenvalue weighted by molar-refractivity contribution is 0.506. The van der Waals surface area contributed by atoms with Crippen LogP contribution in [0.2, 0.25) is 0 Å². The maximum atomic E-state index is 6.47. The average molecular weight is 212 g/mol. The SMILES string of the molecule is NC1(C2(c3cccc4[nH]ccc34)CC2)CC1. The van der Waals surface area contributed by atoms with Gasteiger partial charge < -0.3 is 10.7 Å². The highest BCUT2D eigenvalue weighted by Gasteiger charge is 2.64. The minimum Gasteiger partial charge on any atom is -0.361 e.